The van der Waals surface area contributed by atoms with Gasteiger partial charge in [-0.1, -0.05) is 24.3 Å². The van der Waals surface area contributed by atoms with Gasteiger partial charge in [0.05, 0.1) is 5.71 Å². The van der Waals surface area contributed by atoms with Crippen LogP contribution in [-0.2, 0) is 0 Å². The molecule has 2 heteroatoms. The summed E-state index contributed by atoms with van der Waals surface area (Å²) in [7, 11) is 0. The van der Waals surface area contributed by atoms with E-state index in [0.29, 0.717) is 0 Å². The molecule has 0 N–H and O–H groups in total. The Morgan fingerprint density at radius 1 is 0.941 bits per heavy atom. The Morgan fingerprint density at radius 2 is 1.82 bits per heavy atom. The van der Waals surface area contributed by atoms with Crippen molar-refractivity contribution in [2.75, 3.05) is 0 Å². The van der Waals surface area contributed by atoms with Gasteiger partial charge in [-0.15, -0.1) is 0 Å². The van der Waals surface area contributed by atoms with E-state index in [0.717, 1.165) is 6.42 Å². The first-order valence-electron chi connectivity index (χ1n) is 5.73. The Labute approximate surface area is 98.7 Å². The van der Waals surface area contributed by atoms with Crippen LogP contribution >= 0.6 is 0 Å². The smallest absolute Gasteiger partial charge is 0.0526 e. The number of nitrogens with zero attached hydrogens (tertiary/aromatic N) is 2. The minimum absolute atomic E-state index is 0.994. The van der Waals surface area contributed by atoms with Crippen LogP contribution in [0.15, 0.2) is 58.5 Å². The van der Waals surface area contributed by atoms with Crippen molar-refractivity contribution >= 4 is 17.9 Å². The number of pyridine rings is 1. The second kappa shape index (κ2) is 3.14. The predicted molar refractivity (Wildman–Crippen MR) is 68.7 cm³/mol. The average molecular weight is 218 g/mol. The summed E-state index contributed by atoms with van der Waals surface area (Å²) in [5.74, 6) is 0. The van der Waals surface area contributed by atoms with E-state index >= 15 is 0 Å². The number of aliphatic imine (C=N–C) groups is 1. The normalized spacial score (nSPS) is 29.6. The molecule has 1 fully saturated rings. The van der Waals surface area contributed by atoms with Crippen LogP contribution in [0.2, 0.25) is 0 Å². The number of hydrogen-bond acceptors (Lipinski definition) is 2. The Balaban J connectivity index is 2.05. The van der Waals surface area contributed by atoms with Gasteiger partial charge in [-0.2, -0.15) is 0 Å². The summed E-state index contributed by atoms with van der Waals surface area (Å²) >= 11 is 0. The number of allylic oxidation sites excluding steroid dienone is 5. The van der Waals surface area contributed by atoms with Gasteiger partial charge in [0.15, 0.2) is 0 Å². The lowest BCUT2D eigenvalue weighted by molar-refractivity contribution is 1.27. The molecule has 1 aliphatic heterocycles. The molecule has 3 aliphatic rings. The van der Waals surface area contributed by atoms with Crippen molar-refractivity contribution in [1.29, 1.82) is 0 Å². The molecule has 17 heavy (non-hydrogen) atoms. The van der Waals surface area contributed by atoms with Gasteiger partial charge >= 0.3 is 0 Å². The van der Waals surface area contributed by atoms with Crippen LogP contribution in [0.3, 0.4) is 0 Å². The van der Waals surface area contributed by atoms with Gasteiger partial charge in [-0.3, -0.25) is 9.98 Å². The first-order valence-corrected chi connectivity index (χ1v) is 5.73. The molecule has 0 radical (unpaired) electrons. The molecule has 0 atom stereocenters. The maximum Gasteiger partial charge on any atom is 0.0526 e. The zero-order valence-corrected chi connectivity index (χ0v) is 9.22. The highest BCUT2D eigenvalue weighted by Crippen LogP contribution is 2.38. The highest BCUT2D eigenvalue weighted by Gasteiger charge is 2.28. The van der Waals surface area contributed by atoms with Crippen molar-refractivity contribution in [3.63, 3.8) is 0 Å². The molecular weight excluding hydrogens is 208 g/mol. The second-order valence-electron chi connectivity index (χ2n) is 4.41. The van der Waals surface area contributed by atoms with Crippen molar-refractivity contribution < 1.29 is 0 Å². The highest BCUT2D eigenvalue weighted by molar-refractivity contribution is 6.14. The van der Waals surface area contributed by atoms with Crippen LogP contribution in [0.1, 0.15) is 6.42 Å². The number of hydrogen-bond donors (Lipinski definition) is 0. The van der Waals surface area contributed by atoms with Crippen LogP contribution in [0, 0.1) is 0 Å². The van der Waals surface area contributed by atoms with E-state index in [1.165, 1.54) is 32.9 Å². The van der Waals surface area contributed by atoms with Crippen LogP contribution in [-0.4, -0.2) is 10.7 Å². The fraction of sp³-hybridized carbons (Fsp3) is 0.0667. The van der Waals surface area contributed by atoms with E-state index in [2.05, 4.69) is 34.3 Å². The summed E-state index contributed by atoms with van der Waals surface area (Å²) < 4.78 is 0. The predicted octanol–water partition coefficient (Wildman–Crippen LogP) is 1.25. The van der Waals surface area contributed by atoms with E-state index in [1.807, 2.05) is 24.7 Å². The first-order chi connectivity index (χ1) is 8.42. The second-order valence-corrected chi connectivity index (χ2v) is 4.41. The van der Waals surface area contributed by atoms with Gasteiger partial charge in [0.1, 0.15) is 0 Å². The lowest BCUT2D eigenvalue weighted by Crippen LogP contribution is -2.24. The molecule has 1 aromatic heterocycles. The molecule has 1 saturated carbocycles. The Kier molecular flexibility index (Phi) is 1.64. The molecule has 2 nitrogen and oxygen atoms in total. The van der Waals surface area contributed by atoms with Crippen LogP contribution < -0.4 is 10.4 Å². The summed E-state index contributed by atoms with van der Waals surface area (Å²) in [5.41, 5.74) is 5.14. The maximum absolute atomic E-state index is 4.42. The Bertz CT molecular complexity index is 693. The van der Waals surface area contributed by atoms with Crippen molar-refractivity contribution in [1.82, 2.24) is 4.98 Å². The quantitative estimate of drug-likeness (QED) is 0.643. The van der Waals surface area contributed by atoms with Gasteiger partial charge in [0, 0.05) is 35.8 Å². The van der Waals surface area contributed by atoms with Gasteiger partial charge < -0.3 is 0 Å². The molecule has 0 amide bonds. The van der Waals surface area contributed by atoms with Crippen LogP contribution in [0.4, 0.5) is 0 Å². The molecule has 0 aromatic carbocycles. The molecule has 2 heterocycles. The minimum Gasteiger partial charge on any atom is -0.264 e. The summed E-state index contributed by atoms with van der Waals surface area (Å²) in [6.45, 7) is 0. The largest absolute Gasteiger partial charge is 0.264 e. The first kappa shape index (κ1) is 8.88. The maximum atomic E-state index is 4.42. The molecule has 1 aromatic rings. The average Bonchev–Trinajstić information content (AvgIpc) is 2.91. The summed E-state index contributed by atoms with van der Waals surface area (Å²) in [6, 6.07) is 2.04. The van der Waals surface area contributed by atoms with E-state index in [-0.39, 0.29) is 0 Å². The molecule has 4 rings (SSSR count). The monoisotopic (exact) mass is 218 g/mol. The van der Waals surface area contributed by atoms with Crippen molar-refractivity contribution in [2.45, 2.75) is 6.42 Å². The molecule has 0 unspecified atom stereocenters. The SMILES string of the molecule is C1=C2CC(=N1)/C1=C/C=c3/ccnc/c3=C\C=C/21. The van der Waals surface area contributed by atoms with Crippen LogP contribution in [0.25, 0.3) is 12.2 Å². The fourth-order valence-corrected chi connectivity index (χ4v) is 2.52. The standard InChI is InChI=1S/C15H10N2/c1-4-14-13(12-7-15(14)17-9-12)3-2-11-8-16-6-5-10(1)11/h1-6,8-9H,7H2/b3-2?,4-1?,10-1-,11-2+,13-3+,14-4+. The van der Waals surface area contributed by atoms with Crippen molar-refractivity contribution in [3.05, 3.63) is 64.0 Å². The zero-order valence-electron chi connectivity index (χ0n) is 9.22. The molecule has 2 aliphatic carbocycles. The Morgan fingerprint density at radius 3 is 2.82 bits per heavy atom. The van der Waals surface area contributed by atoms with Gasteiger partial charge in [0.25, 0.3) is 0 Å². The summed E-state index contributed by atoms with van der Waals surface area (Å²) in [6.07, 6.45) is 15.4. The lowest BCUT2D eigenvalue weighted by Gasteiger charge is -2.05. The lowest BCUT2D eigenvalue weighted by atomic mass is 10.0. The third kappa shape index (κ3) is 1.21. The molecular formula is C15H10N2. The zero-order chi connectivity index (χ0) is 11.2. The molecule has 2 bridgehead atoms. The topological polar surface area (TPSA) is 25.2 Å². The third-order valence-corrected chi connectivity index (χ3v) is 3.43. The van der Waals surface area contributed by atoms with Gasteiger partial charge in [-0.25, -0.2) is 0 Å². The number of rotatable bonds is 0. The van der Waals surface area contributed by atoms with E-state index in [9.17, 15) is 0 Å². The van der Waals surface area contributed by atoms with E-state index in [1.54, 1.807) is 0 Å². The van der Waals surface area contributed by atoms with Gasteiger partial charge in [0.2, 0.25) is 0 Å². The van der Waals surface area contributed by atoms with E-state index < -0.39 is 0 Å². The molecule has 80 valence electrons. The summed E-state index contributed by atoms with van der Waals surface area (Å²) in [5, 5.41) is 2.38. The van der Waals surface area contributed by atoms with E-state index in [4.69, 9.17) is 0 Å². The number of fused-ring (bicyclic) bond motifs is 6. The highest BCUT2D eigenvalue weighted by atomic mass is 14.8. The van der Waals surface area contributed by atoms with Crippen molar-refractivity contribution in [3.8, 4) is 0 Å². The minimum atomic E-state index is 0.994. The van der Waals surface area contributed by atoms with Crippen LogP contribution in [0.5, 0.6) is 0 Å². The molecule has 0 spiro atoms. The fourth-order valence-electron chi connectivity index (χ4n) is 2.52. The molecule has 0 saturated heterocycles. The number of aromatic nitrogens is 1. The van der Waals surface area contributed by atoms with Crippen molar-refractivity contribution in [2.24, 2.45) is 4.99 Å². The summed E-state index contributed by atoms with van der Waals surface area (Å²) in [4.78, 5) is 8.58. The van der Waals surface area contributed by atoms with Gasteiger partial charge in [-0.05, 0) is 22.4 Å². The third-order valence-electron chi connectivity index (χ3n) is 3.43. The Hall–Kier alpha value is -2.22.